The summed E-state index contributed by atoms with van der Waals surface area (Å²) in [7, 11) is 0. The van der Waals surface area contributed by atoms with Crippen LogP contribution in [0.25, 0.3) is 0 Å². The van der Waals surface area contributed by atoms with Crippen LogP contribution in [0, 0.1) is 5.92 Å². The van der Waals surface area contributed by atoms with Crippen molar-refractivity contribution in [3.8, 4) is 0 Å². The number of anilines is 1. The van der Waals surface area contributed by atoms with E-state index in [9.17, 15) is 9.59 Å². The van der Waals surface area contributed by atoms with E-state index in [1.807, 2.05) is 13.8 Å². The van der Waals surface area contributed by atoms with Crippen LogP contribution in [0.2, 0.25) is 0 Å². The highest BCUT2D eigenvalue weighted by atomic mass is 16.4. The lowest BCUT2D eigenvalue weighted by atomic mass is 10.0. The van der Waals surface area contributed by atoms with Crippen LogP contribution in [0.5, 0.6) is 0 Å². The van der Waals surface area contributed by atoms with Crippen LogP contribution in [-0.2, 0) is 4.79 Å². The zero-order valence-corrected chi connectivity index (χ0v) is 10.2. The Morgan fingerprint density at radius 1 is 1.29 bits per heavy atom. The molecule has 2 N–H and O–H groups in total. The van der Waals surface area contributed by atoms with E-state index in [2.05, 4.69) is 5.32 Å². The zero-order chi connectivity index (χ0) is 13.0. The summed E-state index contributed by atoms with van der Waals surface area (Å²) in [6.45, 7) is 5.15. The third-order valence-corrected chi connectivity index (χ3v) is 2.52. The van der Waals surface area contributed by atoms with Gasteiger partial charge in [-0.2, -0.15) is 0 Å². The predicted octanol–water partition coefficient (Wildman–Crippen LogP) is 2.41. The number of aliphatic carboxylic acids is 1. The first-order valence-electron chi connectivity index (χ1n) is 5.52. The molecule has 0 aliphatic heterocycles. The first-order chi connectivity index (χ1) is 7.91. The number of carbonyl (C=O) groups excluding carboxylic acids is 1. The Morgan fingerprint density at radius 3 is 2.41 bits per heavy atom. The van der Waals surface area contributed by atoms with E-state index in [1.165, 1.54) is 6.92 Å². The summed E-state index contributed by atoms with van der Waals surface area (Å²) in [5.41, 5.74) is 1.22. The number of carboxylic acid groups (broad SMARTS) is 1. The Labute approximate surface area is 101 Å². The molecule has 1 rings (SSSR count). The van der Waals surface area contributed by atoms with Crippen LogP contribution >= 0.6 is 0 Å². The Balaban J connectivity index is 2.90. The monoisotopic (exact) mass is 235 g/mol. The van der Waals surface area contributed by atoms with Crippen LogP contribution in [0.3, 0.4) is 0 Å². The SMILES string of the molecule is CC(=O)c1cccc(NC(C(=O)O)C(C)C)c1. The molecule has 1 aromatic rings. The molecule has 1 atom stereocenters. The summed E-state index contributed by atoms with van der Waals surface area (Å²) in [6.07, 6.45) is 0. The molecule has 4 nitrogen and oxygen atoms in total. The van der Waals surface area contributed by atoms with Crippen LogP contribution < -0.4 is 5.32 Å². The van der Waals surface area contributed by atoms with E-state index in [1.54, 1.807) is 24.3 Å². The third-order valence-electron chi connectivity index (χ3n) is 2.52. The summed E-state index contributed by atoms with van der Waals surface area (Å²) in [6, 6.07) is 6.21. The first-order valence-corrected chi connectivity index (χ1v) is 5.52. The predicted molar refractivity (Wildman–Crippen MR) is 66.3 cm³/mol. The molecular weight excluding hydrogens is 218 g/mol. The maximum atomic E-state index is 11.2. The van der Waals surface area contributed by atoms with Crippen molar-refractivity contribution >= 4 is 17.4 Å². The molecule has 17 heavy (non-hydrogen) atoms. The van der Waals surface area contributed by atoms with Crippen molar-refractivity contribution in [1.29, 1.82) is 0 Å². The summed E-state index contributed by atoms with van der Waals surface area (Å²) in [4.78, 5) is 22.2. The highest BCUT2D eigenvalue weighted by Gasteiger charge is 2.20. The standard InChI is InChI=1S/C13H17NO3/c1-8(2)12(13(16)17)14-11-6-4-5-10(7-11)9(3)15/h4-8,12,14H,1-3H3,(H,16,17). The van der Waals surface area contributed by atoms with Gasteiger partial charge in [-0.3, -0.25) is 4.79 Å². The van der Waals surface area contributed by atoms with Gasteiger partial charge in [0.1, 0.15) is 6.04 Å². The number of hydrogen-bond acceptors (Lipinski definition) is 3. The smallest absolute Gasteiger partial charge is 0.326 e. The second-order valence-corrected chi connectivity index (χ2v) is 4.34. The molecule has 0 heterocycles. The van der Waals surface area contributed by atoms with Crippen molar-refractivity contribution in [2.45, 2.75) is 26.8 Å². The summed E-state index contributed by atoms with van der Waals surface area (Å²) < 4.78 is 0. The molecule has 0 aliphatic rings. The number of carbonyl (C=O) groups is 2. The molecule has 1 aromatic carbocycles. The zero-order valence-electron chi connectivity index (χ0n) is 10.2. The van der Waals surface area contributed by atoms with Crippen molar-refractivity contribution in [3.05, 3.63) is 29.8 Å². The van der Waals surface area contributed by atoms with Gasteiger partial charge in [0.05, 0.1) is 0 Å². The fourth-order valence-electron chi connectivity index (χ4n) is 1.52. The number of hydrogen-bond donors (Lipinski definition) is 2. The largest absolute Gasteiger partial charge is 0.480 e. The molecule has 0 saturated carbocycles. The van der Waals surface area contributed by atoms with Gasteiger partial charge in [0.2, 0.25) is 0 Å². The van der Waals surface area contributed by atoms with Crippen LogP contribution in [0.4, 0.5) is 5.69 Å². The Morgan fingerprint density at radius 2 is 1.94 bits per heavy atom. The average molecular weight is 235 g/mol. The Hall–Kier alpha value is -1.84. The summed E-state index contributed by atoms with van der Waals surface area (Å²) in [5.74, 6) is -0.966. The highest BCUT2D eigenvalue weighted by molar-refractivity contribution is 5.95. The van der Waals surface area contributed by atoms with Crippen molar-refractivity contribution in [3.63, 3.8) is 0 Å². The van der Waals surface area contributed by atoms with Crippen molar-refractivity contribution < 1.29 is 14.7 Å². The van der Waals surface area contributed by atoms with Crippen LogP contribution in [0.1, 0.15) is 31.1 Å². The first kappa shape index (κ1) is 13.2. The van der Waals surface area contributed by atoms with E-state index >= 15 is 0 Å². The normalized spacial score (nSPS) is 12.2. The number of Topliss-reactive ketones (excluding diaryl/α,β-unsaturated/α-hetero) is 1. The summed E-state index contributed by atoms with van der Waals surface area (Å²) >= 11 is 0. The number of carboxylic acids is 1. The van der Waals surface area contributed by atoms with Gasteiger partial charge in [-0.1, -0.05) is 26.0 Å². The molecule has 1 unspecified atom stereocenters. The molecular formula is C13H17NO3. The second-order valence-electron chi connectivity index (χ2n) is 4.34. The van der Waals surface area contributed by atoms with Gasteiger partial charge in [0, 0.05) is 11.3 Å². The molecule has 0 bridgehead atoms. The molecule has 0 aliphatic carbocycles. The van der Waals surface area contributed by atoms with Gasteiger partial charge < -0.3 is 10.4 Å². The highest BCUT2D eigenvalue weighted by Crippen LogP contribution is 2.15. The number of benzene rings is 1. The molecule has 0 saturated heterocycles. The van der Waals surface area contributed by atoms with Gasteiger partial charge in [0.15, 0.2) is 5.78 Å². The fourth-order valence-corrected chi connectivity index (χ4v) is 1.52. The number of rotatable bonds is 5. The van der Waals surface area contributed by atoms with Gasteiger partial charge in [-0.05, 0) is 25.0 Å². The van der Waals surface area contributed by atoms with Crippen LogP contribution in [-0.4, -0.2) is 22.9 Å². The molecule has 4 heteroatoms. The Bertz CT molecular complexity index is 426. The van der Waals surface area contributed by atoms with Gasteiger partial charge in [0.25, 0.3) is 0 Å². The minimum absolute atomic E-state index is 0.0338. The number of ketones is 1. The van der Waals surface area contributed by atoms with Gasteiger partial charge in [-0.25, -0.2) is 4.79 Å². The van der Waals surface area contributed by atoms with E-state index in [0.29, 0.717) is 11.3 Å². The van der Waals surface area contributed by atoms with E-state index in [-0.39, 0.29) is 11.7 Å². The lowest BCUT2D eigenvalue weighted by Crippen LogP contribution is -2.34. The molecule has 0 fully saturated rings. The summed E-state index contributed by atoms with van der Waals surface area (Å²) in [5, 5.41) is 12.0. The minimum Gasteiger partial charge on any atom is -0.480 e. The maximum absolute atomic E-state index is 11.2. The van der Waals surface area contributed by atoms with Crippen LogP contribution in [0.15, 0.2) is 24.3 Å². The lowest BCUT2D eigenvalue weighted by Gasteiger charge is -2.19. The lowest BCUT2D eigenvalue weighted by molar-refractivity contribution is -0.138. The molecule has 0 spiro atoms. The molecule has 0 amide bonds. The molecule has 0 radical (unpaired) electrons. The van der Waals surface area contributed by atoms with E-state index in [4.69, 9.17) is 5.11 Å². The van der Waals surface area contributed by atoms with Crippen molar-refractivity contribution in [1.82, 2.24) is 0 Å². The number of nitrogens with one attached hydrogen (secondary N) is 1. The quantitative estimate of drug-likeness (QED) is 0.769. The van der Waals surface area contributed by atoms with Gasteiger partial charge in [-0.15, -0.1) is 0 Å². The average Bonchev–Trinajstić information content (AvgIpc) is 2.25. The van der Waals surface area contributed by atoms with Gasteiger partial charge >= 0.3 is 5.97 Å². The Kier molecular flexibility index (Phi) is 4.26. The third kappa shape index (κ3) is 3.59. The molecule has 92 valence electrons. The maximum Gasteiger partial charge on any atom is 0.326 e. The van der Waals surface area contributed by atoms with E-state index in [0.717, 1.165) is 0 Å². The van der Waals surface area contributed by atoms with E-state index < -0.39 is 12.0 Å². The van der Waals surface area contributed by atoms with Crippen molar-refractivity contribution in [2.24, 2.45) is 5.92 Å². The molecule has 0 aromatic heterocycles. The minimum atomic E-state index is -0.895. The topological polar surface area (TPSA) is 66.4 Å². The van der Waals surface area contributed by atoms with Crippen molar-refractivity contribution in [2.75, 3.05) is 5.32 Å². The fraction of sp³-hybridized carbons (Fsp3) is 0.385. The second kappa shape index (κ2) is 5.48.